The first-order chi connectivity index (χ1) is 8.65. The number of ether oxygens (including phenoxy) is 2. The molecule has 0 saturated carbocycles. The molecular formula is C14H20ClNO2. The summed E-state index contributed by atoms with van der Waals surface area (Å²) in [6.45, 7) is 3.54. The van der Waals surface area contributed by atoms with Gasteiger partial charge in [-0.15, -0.1) is 0 Å². The monoisotopic (exact) mass is 269 g/mol. The van der Waals surface area contributed by atoms with E-state index in [1.54, 1.807) is 0 Å². The number of hydrogen-bond acceptors (Lipinski definition) is 3. The molecule has 1 unspecified atom stereocenters. The van der Waals surface area contributed by atoms with Gasteiger partial charge in [-0.1, -0.05) is 11.6 Å². The maximum Gasteiger partial charge on any atom is 0.123 e. The molecule has 100 valence electrons. The van der Waals surface area contributed by atoms with E-state index in [-0.39, 0.29) is 12.1 Å². The van der Waals surface area contributed by atoms with Gasteiger partial charge < -0.3 is 15.2 Å². The van der Waals surface area contributed by atoms with Crippen molar-refractivity contribution in [2.75, 3.05) is 13.2 Å². The van der Waals surface area contributed by atoms with Crippen LogP contribution >= 0.6 is 11.6 Å². The third-order valence-corrected chi connectivity index (χ3v) is 3.26. The molecule has 0 radical (unpaired) electrons. The molecule has 2 N–H and O–H groups in total. The molecule has 1 atom stereocenters. The molecule has 0 bridgehead atoms. The lowest BCUT2D eigenvalue weighted by Gasteiger charge is -2.25. The van der Waals surface area contributed by atoms with Gasteiger partial charge in [-0.3, -0.25) is 0 Å². The predicted molar refractivity (Wildman–Crippen MR) is 73.3 cm³/mol. The first-order valence-electron chi connectivity index (χ1n) is 6.43. The Balaban J connectivity index is 2.09. The zero-order valence-electron chi connectivity index (χ0n) is 10.7. The van der Waals surface area contributed by atoms with E-state index in [1.165, 1.54) is 0 Å². The zero-order valence-corrected chi connectivity index (χ0v) is 11.5. The fourth-order valence-electron chi connectivity index (χ4n) is 2.14. The zero-order chi connectivity index (χ0) is 13.0. The summed E-state index contributed by atoms with van der Waals surface area (Å²) in [5, 5.41) is 0.727. The third kappa shape index (κ3) is 3.87. The molecule has 2 rings (SSSR count). The van der Waals surface area contributed by atoms with Gasteiger partial charge in [0.15, 0.2) is 0 Å². The van der Waals surface area contributed by atoms with Gasteiger partial charge in [-0.2, -0.15) is 0 Å². The van der Waals surface area contributed by atoms with Gasteiger partial charge in [-0.05, 0) is 37.1 Å². The van der Waals surface area contributed by atoms with E-state index in [4.69, 9.17) is 26.8 Å². The van der Waals surface area contributed by atoms with E-state index < -0.39 is 0 Å². The fraction of sp³-hybridized carbons (Fsp3) is 0.571. The fourth-order valence-corrected chi connectivity index (χ4v) is 2.34. The lowest BCUT2D eigenvalue weighted by Crippen LogP contribution is -2.26. The highest BCUT2D eigenvalue weighted by Crippen LogP contribution is 2.26. The standard InChI is InChI=1S/C14H20ClNO2/c1-10(16)8-11-9-12(15)2-3-14(11)18-13-4-6-17-7-5-13/h2-3,9-10,13H,4-8,16H2,1H3. The van der Waals surface area contributed by atoms with Crippen molar-refractivity contribution >= 4 is 11.6 Å². The van der Waals surface area contributed by atoms with Crippen LogP contribution in [0.25, 0.3) is 0 Å². The predicted octanol–water partition coefficient (Wildman–Crippen LogP) is 2.79. The Kier molecular flexibility index (Phi) is 4.87. The summed E-state index contributed by atoms with van der Waals surface area (Å²) in [5.74, 6) is 0.906. The van der Waals surface area contributed by atoms with Crippen molar-refractivity contribution in [3.63, 3.8) is 0 Å². The minimum absolute atomic E-state index is 0.0977. The van der Waals surface area contributed by atoms with Crippen molar-refractivity contribution in [2.45, 2.75) is 38.3 Å². The second kappa shape index (κ2) is 6.41. The molecule has 0 amide bonds. The van der Waals surface area contributed by atoms with Gasteiger partial charge in [0.05, 0.1) is 13.2 Å². The Hall–Kier alpha value is -0.770. The number of hydrogen-bond donors (Lipinski definition) is 1. The summed E-state index contributed by atoms with van der Waals surface area (Å²) in [7, 11) is 0. The third-order valence-electron chi connectivity index (χ3n) is 3.03. The van der Waals surface area contributed by atoms with E-state index in [0.717, 1.165) is 48.8 Å². The van der Waals surface area contributed by atoms with Gasteiger partial charge >= 0.3 is 0 Å². The SMILES string of the molecule is CC(N)Cc1cc(Cl)ccc1OC1CCOCC1. The highest BCUT2D eigenvalue weighted by atomic mass is 35.5. The minimum atomic E-state index is 0.0977. The van der Waals surface area contributed by atoms with Crippen LogP contribution in [-0.2, 0) is 11.2 Å². The van der Waals surface area contributed by atoms with E-state index >= 15 is 0 Å². The average molecular weight is 270 g/mol. The van der Waals surface area contributed by atoms with Crippen molar-refractivity contribution in [2.24, 2.45) is 5.73 Å². The largest absolute Gasteiger partial charge is 0.490 e. The molecule has 1 saturated heterocycles. The van der Waals surface area contributed by atoms with Crippen LogP contribution in [0.2, 0.25) is 5.02 Å². The topological polar surface area (TPSA) is 44.5 Å². The molecule has 0 aromatic heterocycles. The summed E-state index contributed by atoms with van der Waals surface area (Å²) in [6, 6.07) is 5.84. The first-order valence-corrected chi connectivity index (χ1v) is 6.81. The van der Waals surface area contributed by atoms with Crippen molar-refractivity contribution < 1.29 is 9.47 Å². The van der Waals surface area contributed by atoms with E-state index in [2.05, 4.69) is 0 Å². The Bertz CT molecular complexity index is 389. The lowest BCUT2D eigenvalue weighted by molar-refractivity contribution is 0.0251. The van der Waals surface area contributed by atoms with Crippen LogP contribution < -0.4 is 10.5 Å². The lowest BCUT2D eigenvalue weighted by atomic mass is 10.1. The maximum atomic E-state index is 6.05. The van der Waals surface area contributed by atoms with Crippen LogP contribution in [0.1, 0.15) is 25.3 Å². The number of benzene rings is 1. The minimum Gasteiger partial charge on any atom is -0.490 e. The highest BCUT2D eigenvalue weighted by molar-refractivity contribution is 6.30. The molecule has 1 aromatic rings. The second-order valence-electron chi connectivity index (χ2n) is 4.86. The Morgan fingerprint density at radius 3 is 2.83 bits per heavy atom. The summed E-state index contributed by atoms with van der Waals surface area (Å²) in [6.07, 6.45) is 2.91. The van der Waals surface area contributed by atoms with Gasteiger partial charge in [0, 0.05) is 23.9 Å². The van der Waals surface area contributed by atoms with E-state index in [1.807, 2.05) is 25.1 Å². The summed E-state index contributed by atoms with van der Waals surface area (Å²) in [4.78, 5) is 0. The van der Waals surface area contributed by atoms with Crippen LogP contribution in [0.5, 0.6) is 5.75 Å². The molecule has 4 heteroatoms. The molecule has 1 fully saturated rings. The van der Waals surface area contributed by atoms with Gasteiger partial charge in [0.2, 0.25) is 0 Å². The molecule has 0 spiro atoms. The maximum absolute atomic E-state index is 6.05. The van der Waals surface area contributed by atoms with Crippen LogP contribution in [0.3, 0.4) is 0 Å². The van der Waals surface area contributed by atoms with Crippen molar-refractivity contribution in [3.05, 3.63) is 28.8 Å². The number of halogens is 1. The summed E-state index contributed by atoms with van der Waals surface area (Å²) >= 11 is 6.03. The van der Waals surface area contributed by atoms with Crippen molar-refractivity contribution in [3.8, 4) is 5.75 Å². The highest BCUT2D eigenvalue weighted by Gasteiger charge is 2.17. The number of rotatable bonds is 4. The van der Waals surface area contributed by atoms with E-state index in [0.29, 0.717) is 0 Å². The quantitative estimate of drug-likeness (QED) is 0.914. The average Bonchev–Trinajstić information content (AvgIpc) is 2.33. The van der Waals surface area contributed by atoms with Gasteiger partial charge in [0.25, 0.3) is 0 Å². The molecular weight excluding hydrogens is 250 g/mol. The molecule has 1 aliphatic heterocycles. The molecule has 1 heterocycles. The summed E-state index contributed by atoms with van der Waals surface area (Å²) < 4.78 is 11.4. The molecule has 1 aliphatic rings. The molecule has 3 nitrogen and oxygen atoms in total. The smallest absolute Gasteiger partial charge is 0.123 e. The Labute approximate surface area is 113 Å². The molecule has 0 aliphatic carbocycles. The Morgan fingerprint density at radius 1 is 1.44 bits per heavy atom. The second-order valence-corrected chi connectivity index (χ2v) is 5.30. The Morgan fingerprint density at radius 2 is 2.17 bits per heavy atom. The normalized spacial score (nSPS) is 18.6. The van der Waals surface area contributed by atoms with Crippen LogP contribution in [0.4, 0.5) is 0 Å². The van der Waals surface area contributed by atoms with Crippen LogP contribution in [-0.4, -0.2) is 25.4 Å². The van der Waals surface area contributed by atoms with Crippen molar-refractivity contribution in [1.82, 2.24) is 0 Å². The van der Waals surface area contributed by atoms with Gasteiger partial charge in [-0.25, -0.2) is 0 Å². The molecule has 18 heavy (non-hydrogen) atoms. The van der Waals surface area contributed by atoms with Crippen molar-refractivity contribution in [1.29, 1.82) is 0 Å². The first kappa shape index (κ1) is 13.7. The van der Waals surface area contributed by atoms with Crippen LogP contribution in [0, 0.1) is 0 Å². The van der Waals surface area contributed by atoms with Crippen LogP contribution in [0.15, 0.2) is 18.2 Å². The van der Waals surface area contributed by atoms with E-state index in [9.17, 15) is 0 Å². The number of nitrogens with two attached hydrogens (primary N) is 1. The summed E-state index contributed by atoms with van der Waals surface area (Å²) in [5.41, 5.74) is 6.94. The van der Waals surface area contributed by atoms with Gasteiger partial charge in [0.1, 0.15) is 11.9 Å². The molecule has 1 aromatic carbocycles.